The average Bonchev–Trinajstić information content (AvgIpc) is 2.37. The maximum Gasteiger partial charge on any atom is 0.141 e. The molecule has 1 saturated heterocycles. The van der Waals surface area contributed by atoms with Crippen molar-refractivity contribution in [3.63, 3.8) is 0 Å². The van der Waals surface area contributed by atoms with Crippen LogP contribution in [-0.2, 0) is 0 Å². The zero-order chi connectivity index (χ0) is 14.8. The number of aliphatic hydroxyl groups excluding tert-OH is 1. The van der Waals surface area contributed by atoms with Crippen molar-refractivity contribution < 1.29 is 9.50 Å². The first-order valence-electron chi connectivity index (χ1n) is 7.39. The fourth-order valence-corrected chi connectivity index (χ4v) is 3.06. The number of likely N-dealkylation sites (tertiary alicyclic amines) is 1. The van der Waals surface area contributed by atoms with Crippen LogP contribution in [0.4, 0.5) is 4.39 Å². The monoisotopic (exact) mass is 280 g/mol. The van der Waals surface area contributed by atoms with E-state index in [4.69, 9.17) is 0 Å². The number of pyridine rings is 1. The number of aliphatic hydroxyl groups is 1. The normalized spacial score (nSPS) is 22.4. The van der Waals surface area contributed by atoms with E-state index >= 15 is 0 Å². The minimum atomic E-state index is -0.638. The summed E-state index contributed by atoms with van der Waals surface area (Å²) < 4.78 is 12.9. The van der Waals surface area contributed by atoms with Gasteiger partial charge in [-0.25, -0.2) is 4.39 Å². The number of hydrogen-bond donors (Lipinski definition) is 1. The van der Waals surface area contributed by atoms with Crippen LogP contribution in [0.2, 0.25) is 0 Å². The van der Waals surface area contributed by atoms with Crippen molar-refractivity contribution in [3.05, 3.63) is 29.8 Å². The molecule has 4 heteroatoms. The van der Waals surface area contributed by atoms with E-state index in [1.54, 1.807) is 6.07 Å². The van der Waals surface area contributed by atoms with Gasteiger partial charge in [-0.2, -0.15) is 0 Å². The molecular weight excluding hydrogens is 255 g/mol. The molecule has 1 aromatic rings. The number of nitrogens with zero attached hydrogens (tertiary/aromatic N) is 2. The lowest BCUT2D eigenvalue weighted by atomic mass is 9.83. The van der Waals surface area contributed by atoms with Gasteiger partial charge in [-0.05, 0) is 36.9 Å². The Morgan fingerprint density at radius 2 is 2.20 bits per heavy atom. The highest BCUT2D eigenvalue weighted by Gasteiger charge is 2.28. The van der Waals surface area contributed by atoms with Crippen LogP contribution in [0, 0.1) is 17.2 Å². The maximum atomic E-state index is 12.9. The minimum Gasteiger partial charge on any atom is -0.386 e. The Morgan fingerprint density at radius 1 is 1.45 bits per heavy atom. The van der Waals surface area contributed by atoms with Gasteiger partial charge in [-0.15, -0.1) is 0 Å². The molecule has 2 rings (SSSR count). The zero-order valence-electron chi connectivity index (χ0n) is 12.6. The molecule has 2 heterocycles. The van der Waals surface area contributed by atoms with E-state index in [1.165, 1.54) is 18.9 Å². The highest BCUT2D eigenvalue weighted by Crippen LogP contribution is 2.30. The number of aromatic nitrogens is 1. The molecule has 0 saturated carbocycles. The number of halogens is 1. The molecular formula is C16H25FN2O. The van der Waals surface area contributed by atoms with Crippen molar-refractivity contribution in [2.75, 3.05) is 19.6 Å². The minimum absolute atomic E-state index is 0.0851. The van der Waals surface area contributed by atoms with Gasteiger partial charge in [-0.3, -0.25) is 4.98 Å². The van der Waals surface area contributed by atoms with Crippen molar-refractivity contribution >= 4 is 0 Å². The number of piperidine rings is 1. The second-order valence-corrected chi connectivity index (χ2v) is 6.83. The fourth-order valence-electron chi connectivity index (χ4n) is 3.06. The Bertz CT molecular complexity index is 433. The number of hydrogen-bond acceptors (Lipinski definition) is 3. The SMILES string of the molecule is CC(CN1CCCC(C)(C)C1)C(O)c1ccc(F)cn1. The summed E-state index contributed by atoms with van der Waals surface area (Å²) >= 11 is 0. The molecule has 1 fully saturated rings. The zero-order valence-corrected chi connectivity index (χ0v) is 12.6. The van der Waals surface area contributed by atoms with Crippen LogP contribution in [0.5, 0.6) is 0 Å². The first-order valence-corrected chi connectivity index (χ1v) is 7.39. The van der Waals surface area contributed by atoms with E-state index in [0.29, 0.717) is 11.1 Å². The second-order valence-electron chi connectivity index (χ2n) is 6.83. The highest BCUT2D eigenvalue weighted by atomic mass is 19.1. The van der Waals surface area contributed by atoms with Gasteiger partial charge in [0.2, 0.25) is 0 Å². The second kappa shape index (κ2) is 6.19. The third kappa shape index (κ3) is 4.00. The molecule has 0 bridgehead atoms. The summed E-state index contributed by atoms with van der Waals surface area (Å²) in [5, 5.41) is 10.3. The van der Waals surface area contributed by atoms with E-state index < -0.39 is 6.10 Å². The van der Waals surface area contributed by atoms with Crippen molar-refractivity contribution in [3.8, 4) is 0 Å². The molecule has 112 valence electrons. The van der Waals surface area contributed by atoms with Gasteiger partial charge in [0.1, 0.15) is 5.82 Å². The van der Waals surface area contributed by atoms with Gasteiger partial charge in [0, 0.05) is 19.0 Å². The summed E-state index contributed by atoms with van der Waals surface area (Å²) in [6.07, 6.45) is 3.00. The van der Waals surface area contributed by atoms with Gasteiger partial charge in [0.15, 0.2) is 0 Å². The topological polar surface area (TPSA) is 36.4 Å². The van der Waals surface area contributed by atoms with Crippen LogP contribution in [0.3, 0.4) is 0 Å². The van der Waals surface area contributed by atoms with E-state index in [2.05, 4.69) is 23.7 Å². The Kier molecular flexibility index (Phi) is 4.76. The molecule has 0 aliphatic carbocycles. The molecule has 3 nitrogen and oxygen atoms in total. The quantitative estimate of drug-likeness (QED) is 0.921. The van der Waals surface area contributed by atoms with E-state index in [0.717, 1.165) is 25.8 Å². The van der Waals surface area contributed by atoms with Gasteiger partial charge in [0.25, 0.3) is 0 Å². The molecule has 20 heavy (non-hydrogen) atoms. The van der Waals surface area contributed by atoms with E-state index in [9.17, 15) is 9.50 Å². The fraction of sp³-hybridized carbons (Fsp3) is 0.688. The summed E-state index contributed by atoms with van der Waals surface area (Å²) in [6.45, 7) is 9.63. The largest absolute Gasteiger partial charge is 0.386 e. The van der Waals surface area contributed by atoms with Crippen molar-refractivity contribution in [1.82, 2.24) is 9.88 Å². The van der Waals surface area contributed by atoms with Crippen LogP contribution in [0.25, 0.3) is 0 Å². The lowest BCUT2D eigenvalue weighted by molar-refractivity contribution is 0.0528. The third-order valence-corrected chi connectivity index (χ3v) is 4.12. The first-order chi connectivity index (χ1) is 9.37. The summed E-state index contributed by atoms with van der Waals surface area (Å²) in [4.78, 5) is 6.40. The standard InChI is InChI=1S/C16H25FN2O/c1-12(10-19-8-4-7-16(2,3)11-19)15(20)14-6-5-13(17)9-18-14/h5-6,9,12,15,20H,4,7-8,10-11H2,1-3H3. The molecule has 2 unspecified atom stereocenters. The van der Waals surface area contributed by atoms with E-state index in [1.807, 2.05) is 6.92 Å². The highest BCUT2D eigenvalue weighted by molar-refractivity contribution is 5.09. The molecule has 0 aromatic carbocycles. The average molecular weight is 280 g/mol. The Hall–Kier alpha value is -1.00. The van der Waals surface area contributed by atoms with Crippen LogP contribution in [0.15, 0.2) is 18.3 Å². The Labute approximate surface area is 120 Å². The van der Waals surface area contributed by atoms with Gasteiger partial charge in [0.05, 0.1) is 18.0 Å². The number of rotatable bonds is 4. The molecule has 1 aliphatic heterocycles. The molecule has 0 radical (unpaired) electrons. The lowest BCUT2D eigenvalue weighted by Crippen LogP contribution is -2.42. The van der Waals surface area contributed by atoms with Gasteiger partial charge in [-0.1, -0.05) is 20.8 Å². The molecule has 0 amide bonds. The predicted molar refractivity (Wildman–Crippen MR) is 77.8 cm³/mol. The van der Waals surface area contributed by atoms with Gasteiger partial charge < -0.3 is 10.0 Å². The summed E-state index contributed by atoms with van der Waals surface area (Å²) in [5.41, 5.74) is 0.909. The van der Waals surface area contributed by atoms with Crippen LogP contribution in [0.1, 0.15) is 45.4 Å². The summed E-state index contributed by atoms with van der Waals surface area (Å²) in [7, 11) is 0. The molecule has 1 aromatic heterocycles. The van der Waals surface area contributed by atoms with Crippen LogP contribution >= 0.6 is 0 Å². The first kappa shape index (κ1) is 15.4. The third-order valence-electron chi connectivity index (χ3n) is 4.12. The summed E-state index contributed by atoms with van der Waals surface area (Å²) in [5.74, 6) is -0.284. The summed E-state index contributed by atoms with van der Waals surface area (Å²) in [6, 6.07) is 2.92. The van der Waals surface area contributed by atoms with E-state index in [-0.39, 0.29) is 11.7 Å². The molecule has 1 aliphatic rings. The predicted octanol–water partition coefficient (Wildman–Crippen LogP) is 3.01. The van der Waals surface area contributed by atoms with Crippen molar-refractivity contribution in [1.29, 1.82) is 0 Å². The Morgan fingerprint density at radius 3 is 2.80 bits per heavy atom. The van der Waals surface area contributed by atoms with Crippen LogP contribution < -0.4 is 0 Å². The lowest BCUT2D eigenvalue weighted by Gasteiger charge is -2.39. The molecule has 1 N–H and O–H groups in total. The molecule has 2 atom stereocenters. The van der Waals surface area contributed by atoms with Gasteiger partial charge >= 0.3 is 0 Å². The van der Waals surface area contributed by atoms with Crippen molar-refractivity contribution in [2.24, 2.45) is 11.3 Å². The smallest absolute Gasteiger partial charge is 0.141 e. The Balaban J connectivity index is 1.93. The maximum absolute atomic E-state index is 12.9. The molecule has 0 spiro atoms. The van der Waals surface area contributed by atoms with Crippen LogP contribution in [-0.4, -0.2) is 34.6 Å². The van der Waals surface area contributed by atoms with Crippen molar-refractivity contribution in [2.45, 2.75) is 39.7 Å².